The third kappa shape index (κ3) is 2.59. The number of methoxy groups -OCH3 is 1. The van der Waals surface area contributed by atoms with E-state index < -0.39 is 10.0 Å². The number of imidazole rings is 1. The number of nitrogens with zero attached hydrogens (tertiary/aromatic N) is 2. The number of pyridine rings is 1. The Morgan fingerprint density at radius 2 is 2.06 bits per heavy atom. The van der Waals surface area contributed by atoms with Crippen molar-refractivity contribution in [3.8, 4) is 5.88 Å². The lowest BCUT2D eigenvalue weighted by atomic mass is 10.4. The molecule has 2 aromatic rings. The molecule has 0 aromatic carbocycles. The summed E-state index contributed by atoms with van der Waals surface area (Å²) in [6.07, 6.45) is 2.63. The van der Waals surface area contributed by atoms with Crippen LogP contribution in [0.5, 0.6) is 5.88 Å². The van der Waals surface area contributed by atoms with Gasteiger partial charge >= 0.3 is 0 Å². The molecule has 0 atom stereocenters. The van der Waals surface area contributed by atoms with Gasteiger partial charge < -0.3 is 9.72 Å². The van der Waals surface area contributed by atoms with Crippen LogP contribution in [-0.2, 0) is 10.0 Å². The van der Waals surface area contributed by atoms with Crippen LogP contribution in [0.25, 0.3) is 0 Å². The lowest BCUT2D eigenvalue weighted by Crippen LogP contribution is -2.13. The molecule has 0 aliphatic rings. The summed E-state index contributed by atoms with van der Waals surface area (Å²) in [6, 6.07) is 3.13. The normalized spacial score (nSPS) is 11.2. The number of anilines is 1. The fourth-order valence-corrected chi connectivity index (χ4v) is 2.32. The first-order chi connectivity index (χ1) is 8.51. The van der Waals surface area contributed by atoms with Gasteiger partial charge in [0, 0.05) is 6.07 Å². The van der Waals surface area contributed by atoms with Gasteiger partial charge in [-0.2, -0.15) is 8.42 Å². The van der Waals surface area contributed by atoms with E-state index in [1.54, 1.807) is 19.1 Å². The molecule has 0 fully saturated rings. The molecular formula is C10H12N4O3S. The number of hydrogen-bond donors (Lipinski definition) is 2. The van der Waals surface area contributed by atoms with Gasteiger partial charge in [-0.1, -0.05) is 0 Å². The fraction of sp³-hybridized carbons (Fsp3) is 0.200. The summed E-state index contributed by atoms with van der Waals surface area (Å²) in [5.41, 5.74) is 0.350. The lowest BCUT2D eigenvalue weighted by molar-refractivity contribution is 0.398. The number of aryl methyl sites for hydroxylation is 1. The van der Waals surface area contributed by atoms with Crippen LogP contribution < -0.4 is 9.46 Å². The van der Waals surface area contributed by atoms with Gasteiger partial charge in [0.05, 0.1) is 25.2 Å². The highest BCUT2D eigenvalue weighted by Crippen LogP contribution is 2.15. The van der Waals surface area contributed by atoms with Crippen LogP contribution in [0.1, 0.15) is 5.82 Å². The number of aromatic nitrogens is 3. The van der Waals surface area contributed by atoms with Gasteiger partial charge in [-0.05, 0) is 13.0 Å². The average Bonchev–Trinajstić information content (AvgIpc) is 2.77. The molecule has 2 aromatic heterocycles. The molecule has 18 heavy (non-hydrogen) atoms. The molecule has 0 aliphatic heterocycles. The summed E-state index contributed by atoms with van der Waals surface area (Å²) in [6.45, 7) is 1.67. The molecule has 8 heteroatoms. The molecule has 0 saturated carbocycles. The predicted octanol–water partition coefficient (Wildman–Crippen LogP) is 0.923. The molecule has 2 heterocycles. The highest BCUT2D eigenvalue weighted by molar-refractivity contribution is 7.92. The van der Waals surface area contributed by atoms with E-state index in [-0.39, 0.29) is 5.03 Å². The molecular weight excluding hydrogens is 256 g/mol. The Morgan fingerprint density at radius 1 is 1.28 bits per heavy atom. The molecule has 0 unspecified atom stereocenters. The third-order valence-corrected chi connectivity index (χ3v) is 3.46. The average molecular weight is 268 g/mol. The number of sulfonamides is 1. The summed E-state index contributed by atoms with van der Waals surface area (Å²) in [4.78, 5) is 10.4. The summed E-state index contributed by atoms with van der Waals surface area (Å²) >= 11 is 0. The molecule has 0 aliphatic carbocycles. The number of nitrogens with one attached hydrogen (secondary N) is 2. The molecule has 0 radical (unpaired) electrons. The van der Waals surface area contributed by atoms with Crippen molar-refractivity contribution in [2.75, 3.05) is 11.8 Å². The zero-order chi connectivity index (χ0) is 13.2. The molecule has 96 valence electrons. The van der Waals surface area contributed by atoms with Crippen molar-refractivity contribution >= 4 is 15.7 Å². The predicted molar refractivity (Wildman–Crippen MR) is 64.9 cm³/mol. The fourth-order valence-electron chi connectivity index (χ4n) is 1.31. The number of ether oxygens (including phenoxy) is 1. The molecule has 0 amide bonds. The van der Waals surface area contributed by atoms with E-state index in [2.05, 4.69) is 19.7 Å². The van der Waals surface area contributed by atoms with Crippen LogP contribution in [-0.4, -0.2) is 30.5 Å². The summed E-state index contributed by atoms with van der Waals surface area (Å²) in [5, 5.41) is 0.0100. The highest BCUT2D eigenvalue weighted by Gasteiger charge is 2.16. The first kappa shape index (κ1) is 12.4. The van der Waals surface area contributed by atoms with Crippen molar-refractivity contribution in [1.82, 2.24) is 15.0 Å². The second-order valence-electron chi connectivity index (χ2n) is 3.53. The zero-order valence-electron chi connectivity index (χ0n) is 9.84. The molecule has 2 N–H and O–H groups in total. The van der Waals surface area contributed by atoms with Gasteiger partial charge in [0.1, 0.15) is 5.82 Å². The maximum atomic E-state index is 11.9. The molecule has 2 rings (SSSR count). The molecule has 0 bridgehead atoms. The monoisotopic (exact) mass is 268 g/mol. The maximum Gasteiger partial charge on any atom is 0.279 e. The molecule has 0 spiro atoms. The first-order valence-corrected chi connectivity index (χ1v) is 6.54. The Balaban J connectivity index is 2.22. The van der Waals surface area contributed by atoms with Crippen molar-refractivity contribution in [3.63, 3.8) is 0 Å². The summed E-state index contributed by atoms with van der Waals surface area (Å²) in [5.74, 6) is 0.943. The van der Waals surface area contributed by atoms with E-state index in [9.17, 15) is 8.42 Å². The second kappa shape index (κ2) is 4.65. The molecule has 0 saturated heterocycles. The minimum Gasteiger partial charge on any atom is -0.481 e. The quantitative estimate of drug-likeness (QED) is 0.859. The third-order valence-electron chi connectivity index (χ3n) is 2.17. The van der Waals surface area contributed by atoms with E-state index >= 15 is 0 Å². The number of hydrogen-bond acceptors (Lipinski definition) is 5. The van der Waals surface area contributed by atoms with E-state index in [4.69, 9.17) is 4.74 Å². The van der Waals surface area contributed by atoms with Gasteiger partial charge in [-0.25, -0.2) is 9.97 Å². The smallest absolute Gasteiger partial charge is 0.279 e. The van der Waals surface area contributed by atoms with Crippen molar-refractivity contribution in [2.45, 2.75) is 11.9 Å². The van der Waals surface area contributed by atoms with E-state index in [0.29, 0.717) is 17.4 Å². The zero-order valence-corrected chi connectivity index (χ0v) is 10.7. The van der Waals surface area contributed by atoms with Crippen LogP contribution >= 0.6 is 0 Å². The standard InChI is InChI=1S/C10H12N4O3S/c1-7-11-6-10(13-7)18(15,16)14-8-3-4-9(17-2)12-5-8/h3-6,14H,1-2H3,(H,11,13). The Hall–Kier alpha value is -2.09. The SMILES string of the molecule is COc1ccc(NS(=O)(=O)c2cnc(C)[nH]2)cn1. The number of rotatable bonds is 4. The van der Waals surface area contributed by atoms with Crippen molar-refractivity contribution in [3.05, 3.63) is 30.4 Å². The van der Waals surface area contributed by atoms with Gasteiger partial charge in [-0.3, -0.25) is 4.72 Å². The van der Waals surface area contributed by atoms with Crippen molar-refractivity contribution < 1.29 is 13.2 Å². The van der Waals surface area contributed by atoms with Gasteiger partial charge in [0.15, 0.2) is 5.03 Å². The maximum absolute atomic E-state index is 11.9. The number of aromatic amines is 1. The van der Waals surface area contributed by atoms with Crippen molar-refractivity contribution in [1.29, 1.82) is 0 Å². The van der Waals surface area contributed by atoms with Crippen LogP contribution in [0.2, 0.25) is 0 Å². The van der Waals surface area contributed by atoms with E-state index in [1.807, 2.05) is 0 Å². The first-order valence-electron chi connectivity index (χ1n) is 5.06. The van der Waals surface area contributed by atoms with Gasteiger partial charge in [-0.15, -0.1) is 0 Å². The number of H-pyrrole nitrogens is 1. The van der Waals surface area contributed by atoms with Gasteiger partial charge in [0.2, 0.25) is 5.88 Å². The Morgan fingerprint density at radius 3 is 2.56 bits per heavy atom. The highest BCUT2D eigenvalue weighted by atomic mass is 32.2. The second-order valence-corrected chi connectivity index (χ2v) is 5.18. The van der Waals surface area contributed by atoms with Gasteiger partial charge in [0.25, 0.3) is 10.0 Å². The summed E-state index contributed by atoms with van der Waals surface area (Å²) in [7, 11) is -2.18. The largest absolute Gasteiger partial charge is 0.481 e. The summed E-state index contributed by atoms with van der Waals surface area (Å²) < 4.78 is 31.1. The van der Waals surface area contributed by atoms with E-state index in [1.165, 1.54) is 19.5 Å². The van der Waals surface area contributed by atoms with Crippen LogP contribution in [0, 0.1) is 6.92 Å². The topological polar surface area (TPSA) is 97.0 Å². The Labute approximate surface area is 104 Å². The minimum atomic E-state index is -3.66. The van der Waals surface area contributed by atoms with E-state index in [0.717, 1.165) is 0 Å². The Bertz CT molecular complexity index is 633. The van der Waals surface area contributed by atoms with Crippen LogP contribution in [0.3, 0.4) is 0 Å². The van der Waals surface area contributed by atoms with Crippen LogP contribution in [0.4, 0.5) is 5.69 Å². The Kier molecular flexibility index (Phi) is 3.19. The van der Waals surface area contributed by atoms with Crippen LogP contribution in [0.15, 0.2) is 29.6 Å². The lowest BCUT2D eigenvalue weighted by Gasteiger charge is -2.06. The molecule has 7 nitrogen and oxygen atoms in total. The van der Waals surface area contributed by atoms with Crippen molar-refractivity contribution in [2.24, 2.45) is 0 Å². The minimum absolute atomic E-state index is 0.0100.